The van der Waals surface area contributed by atoms with Crippen LogP contribution in [0.5, 0.6) is 11.5 Å². The first-order valence-corrected chi connectivity index (χ1v) is 7.10. The van der Waals surface area contributed by atoms with Gasteiger partial charge in [-0.05, 0) is 32.9 Å². The van der Waals surface area contributed by atoms with Crippen molar-refractivity contribution in [1.82, 2.24) is 5.32 Å². The number of amides is 1. The van der Waals surface area contributed by atoms with Crippen molar-refractivity contribution in [2.24, 2.45) is 0 Å². The Kier molecular flexibility index (Phi) is 6.78. The number of methoxy groups -OCH3 is 2. The monoisotopic (exact) mass is 315 g/mol. The molecule has 118 valence electrons. The molecule has 1 unspecified atom stereocenters. The van der Waals surface area contributed by atoms with Crippen LogP contribution in [0.1, 0.15) is 31.1 Å². The Hall–Kier alpha value is -1.46. The number of ether oxygens (including phenoxy) is 3. The van der Waals surface area contributed by atoms with Gasteiger partial charge >= 0.3 is 0 Å². The van der Waals surface area contributed by atoms with Crippen molar-refractivity contribution in [2.45, 2.75) is 32.9 Å². The Balaban J connectivity index is 2.99. The maximum absolute atomic E-state index is 12.2. The lowest BCUT2D eigenvalue weighted by molar-refractivity contribution is 0.0905. The van der Waals surface area contributed by atoms with Gasteiger partial charge < -0.3 is 19.5 Å². The van der Waals surface area contributed by atoms with Gasteiger partial charge in [0.1, 0.15) is 0 Å². The Morgan fingerprint density at radius 3 is 2.48 bits per heavy atom. The summed E-state index contributed by atoms with van der Waals surface area (Å²) in [7, 11) is 3.09. The van der Waals surface area contributed by atoms with E-state index in [9.17, 15) is 4.79 Å². The predicted octanol–water partition coefficient (Wildman–Crippen LogP) is 2.90. The number of halogens is 1. The first-order valence-electron chi connectivity index (χ1n) is 6.73. The molecule has 1 rings (SSSR count). The molecule has 0 bridgehead atoms. The lowest BCUT2D eigenvalue weighted by Gasteiger charge is -2.17. The standard InChI is InChI=1S/C15H22ClNO4/c1-9(2)21-14-12(16)6-11(7-13(14)20-5)15(18)17-10(3)8-19-4/h6-7,9-10H,8H2,1-5H3,(H,17,18). The second-order valence-electron chi connectivity index (χ2n) is 4.99. The van der Waals surface area contributed by atoms with E-state index in [1.54, 1.807) is 19.2 Å². The first-order chi connectivity index (χ1) is 9.88. The van der Waals surface area contributed by atoms with E-state index in [4.69, 9.17) is 25.8 Å². The summed E-state index contributed by atoms with van der Waals surface area (Å²) in [6.07, 6.45) is -0.0437. The van der Waals surface area contributed by atoms with E-state index in [-0.39, 0.29) is 18.1 Å². The molecule has 0 aliphatic carbocycles. The van der Waals surface area contributed by atoms with Gasteiger partial charge in [-0.1, -0.05) is 11.6 Å². The molecule has 1 aromatic carbocycles. The van der Waals surface area contributed by atoms with Gasteiger partial charge in [-0.3, -0.25) is 4.79 Å². The maximum atomic E-state index is 12.2. The minimum absolute atomic E-state index is 0.0437. The molecule has 0 spiro atoms. The molecule has 0 heterocycles. The fraction of sp³-hybridized carbons (Fsp3) is 0.533. The number of benzene rings is 1. The molecule has 0 aliphatic rings. The van der Waals surface area contributed by atoms with Gasteiger partial charge in [0.05, 0.1) is 24.8 Å². The van der Waals surface area contributed by atoms with E-state index >= 15 is 0 Å². The Bertz CT molecular complexity index is 491. The minimum atomic E-state index is -0.240. The van der Waals surface area contributed by atoms with Crippen molar-refractivity contribution < 1.29 is 19.0 Å². The van der Waals surface area contributed by atoms with Crippen LogP contribution in [0.15, 0.2) is 12.1 Å². The average Bonchev–Trinajstić information content (AvgIpc) is 2.40. The van der Waals surface area contributed by atoms with Crippen LogP contribution >= 0.6 is 11.6 Å². The summed E-state index contributed by atoms with van der Waals surface area (Å²) < 4.78 is 15.9. The lowest BCUT2D eigenvalue weighted by atomic mass is 10.1. The van der Waals surface area contributed by atoms with Gasteiger partial charge in [-0.2, -0.15) is 0 Å². The fourth-order valence-corrected chi connectivity index (χ4v) is 2.06. The first kappa shape index (κ1) is 17.6. The molecule has 0 aromatic heterocycles. The van der Waals surface area contributed by atoms with Crippen molar-refractivity contribution in [3.8, 4) is 11.5 Å². The number of rotatable bonds is 7. The highest BCUT2D eigenvalue weighted by molar-refractivity contribution is 6.32. The third-order valence-electron chi connectivity index (χ3n) is 2.64. The molecule has 1 atom stereocenters. The Morgan fingerprint density at radius 2 is 1.95 bits per heavy atom. The molecule has 0 fully saturated rings. The summed E-state index contributed by atoms with van der Waals surface area (Å²) in [4.78, 5) is 12.2. The molecule has 0 saturated carbocycles. The second kappa shape index (κ2) is 8.10. The third kappa shape index (κ3) is 5.10. The normalized spacial score (nSPS) is 12.1. The van der Waals surface area contributed by atoms with Crippen molar-refractivity contribution in [3.63, 3.8) is 0 Å². The molecule has 6 heteroatoms. The quantitative estimate of drug-likeness (QED) is 0.840. The average molecular weight is 316 g/mol. The smallest absolute Gasteiger partial charge is 0.251 e. The molecule has 5 nitrogen and oxygen atoms in total. The van der Waals surface area contributed by atoms with Crippen LogP contribution in [0.2, 0.25) is 5.02 Å². The molecule has 0 saturated heterocycles. The summed E-state index contributed by atoms with van der Waals surface area (Å²) in [5, 5.41) is 3.16. The Morgan fingerprint density at radius 1 is 1.29 bits per heavy atom. The molecular weight excluding hydrogens is 294 g/mol. The summed E-state index contributed by atoms with van der Waals surface area (Å²) in [5.41, 5.74) is 0.413. The van der Waals surface area contributed by atoms with Gasteiger partial charge in [0.15, 0.2) is 11.5 Å². The Labute approximate surface area is 130 Å². The topological polar surface area (TPSA) is 56.8 Å². The van der Waals surface area contributed by atoms with Gasteiger partial charge in [0, 0.05) is 18.7 Å². The van der Waals surface area contributed by atoms with Crippen LogP contribution in [0.3, 0.4) is 0 Å². The molecule has 1 amide bonds. The number of hydrogen-bond acceptors (Lipinski definition) is 4. The van der Waals surface area contributed by atoms with E-state index < -0.39 is 0 Å². The SMILES string of the molecule is COCC(C)NC(=O)c1cc(Cl)c(OC(C)C)c(OC)c1. The summed E-state index contributed by atoms with van der Waals surface area (Å²) in [6, 6.07) is 3.08. The van der Waals surface area contributed by atoms with Crippen LogP contribution in [0.25, 0.3) is 0 Å². The second-order valence-corrected chi connectivity index (χ2v) is 5.39. The van der Waals surface area contributed by atoms with E-state index in [2.05, 4.69) is 5.32 Å². The zero-order chi connectivity index (χ0) is 16.0. The predicted molar refractivity (Wildman–Crippen MR) is 82.6 cm³/mol. The third-order valence-corrected chi connectivity index (χ3v) is 2.92. The van der Waals surface area contributed by atoms with Crippen molar-refractivity contribution in [2.75, 3.05) is 20.8 Å². The lowest BCUT2D eigenvalue weighted by Crippen LogP contribution is -2.35. The molecule has 0 aliphatic heterocycles. The van der Waals surface area contributed by atoms with Crippen LogP contribution in [0.4, 0.5) is 0 Å². The van der Waals surface area contributed by atoms with E-state index in [0.717, 1.165) is 0 Å². The fourth-order valence-electron chi connectivity index (χ4n) is 1.80. The summed E-state index contributed by atoms with van der Waals surface area (Å²) in [5.74, 6) is 0.632. The minimum Gasteiger partial charge on any atom is -0.493 e. The highest BCUT2D eigenvalue weighted by atomic mass is 35.5. The highest BCUT2D eigenvalue weighted by Gasteiger charge is 2.17. The van der Waals surface area contributed by atoms with E-state index in [0.29, 0.717) is 28.7 Å². The molecular formula is C15H22ClNO4. The van der Waals surface area contributed by atoms with Gasteiger partial charge in [-0.25, -0.2) is 0 Å². The van der Waals surface area contributed by atoms with E-state index in [1.165, 1.54) is 7.11 Å². The van der Waals surface area contributed by atoms with Gasteiger partial charge in [0.25, 0.3) is 5.91 Å². The highest BCUT2D eigenvalue weighted by Crippen LogP contribution is 2.37. The van der Waals surface area contributed by atoms with Crippen LogP contribution in [0, 0.1) is 0 Å². The molecule has 0 radical (unpaired) electrons. The maximum Gasteiger partial charge on any atom is 0.251 e. The number of carbonyl (C=O) groups excluding carboxylic acids is 1. The van der Waals surface area contributed by atoms with Crippen LogP contribution in [-0.2, 0) is 4.74 Å². The van der Waals surface area contributed by atoms with Gasteiger partial charge in [-0.15, -0.1) is 0 Å². The summed E-state index contributed by atoms with van der Waals surface area (Å²) >= 11 is 6.19. The largest absolute Gasteiger partial charge is 0.493 e. The summed E-state index contributed by atoms with van der Waals surface area (Å²) in [6.45, 7) is 6.08. The zero-order valence-corrected chi connectivity index (χ0v) is 13.8. The molecule has 1 N–H and O–H groups in total. The molecule has 1 aromatic rings. The number of carbonyl (C=O) groups is 1. The van der Waals surface area contributed by atoms with Crippen molar-refractivity contribution in [1.29, 1.82) is 0 Å². The molecule has 21 heavy (non-hydrogen) atoms. The van der Waals surface area contributed by atoms with Crippen molar-refractivity contribution in [3.05, 3.63) is 22.7 Å². The number of hydrogen-bond donors (Lipinski definition) is 1. The van der Waals surface area contributed by atoms with Crippen LogP contribution < -0.4 is 14.8 Å². The van der Waals surface area contributed by atoms with E-state index in [1.807, 2.05) is 20.8 Å². The van der Waals surface area contributed by atoms with Gasteiger partial charge in [0.2, 0.25) is 0 Å². The van der Waals surface area contributed by atoms with Crippen LogP contribution in [-0.4, -0.2) is 38.9 Å². The zero-order valence-electron chi connectivity index (χ0n) is 13.0. The number of nitrogens with one attached hydrogen (secondary N) is 1. The van der Waals surface area contributed by atoms with Crippen molar-refractivity contribution >= 4 is 17.5 Å².